The van der Waals surface area contributed by atoms with Crippen LogP contribution in [-0.2, 0) is 12.5 Å². The lowest BCUT2D eigenvalue weighted by Crippen LogP contribution is -2.43. The number of aromatic nitrogens is 5. The van der Waals surface area contributed by atoms with Crippen LogP contribution in [0.2, 0.25) is 0 Å². The van der Waals surface area contributed by atoms with Crippen molar-refractivity contribution in [2.45, 2.75) is 25.2 Å². The van der Waals surface area contributed by atoms with Crippen LogP contribution in [0, 0.1) is 5.92 Å². The van der Waals surface area contributed by atoms with Crippen LogP contribution < -0.4 is 0 Å². The molecule has 0 N–H and O–H groups in total. The van der Waals surface area contributed by atoms with E-state index in [0.29, 0.717) is 5.92 Å². The lowest BCUT2D eigenvalue weighted by Gasteiger charge is -2.46. The van der Waals surface area contributed by atoms with Gasteiger partial charge in [-0.05, 0) is 52.4 Å². The summed E-state index contributed by atoms with van der Waals surface area (Å²) in [5.41, 5.74) is 2.97. The van der Waals surface area contributed by atoms with E-state index in [0.717, 1.165) is 34.2 Å². The number of halogens is 1. The second-order valence-electron chi connectivity index (χ2n) is 6.24. The number of hydrogen-bond acceptors (Lipinski definition) is 4. The van der Waals surface area contributed by atoms with Gasteiger partial charge in [-0.3, -0.25) is 9.97 Å². The second kappa shape index (κ2) is 4.84. The summed E-state index contributed by atoms with van der Waals surface area (Å²) in [6, 6.07) is 4.31. The highest BCUT2D eigenvalue weighted by atomic mass is 79.9. The fourth-order valence-corrected chi connectivity index (χ4v) is 4.25. The van der Waals surface area contributed by atoms with Crippen molar-refractivity contribution in [1.29, 1.82) is 0 Å². The van der Waals surface area contributed by atoms with Crippen LogP contribution in [-0.4, -0.2) is 24.7 Å². The summed E-state index contributed by atoms with van der Waals surface area (Å²) < 4.78 is 3.01. The van der Waals surface area contributed by atoms with Crippen LogP contribution in [0.5, 0.6) is 0 Å². The molecule has 6 heteroatoms. The smallest absolute Gasteiger partial charge is 0.143 e. The van der Waals surface area contributed by atoms with Gasteiger partial charge in [0.15, 0.2) is 0 Å². The molecule has 1 aliphatic rings. The fraction of sp³-hybridized carbons (Fsp3) is 0.375. The molecule has 22 heavy (non-hydrogen) atoms. The van der Waals surface area contributed by atoms with Crippen molar-refractivity contribution in [3.05, 3.63) is 46.7 Å². The van der Waals surface area contributed by atoms with Crippen molar-refractivity contribution in [3.8, 4) is 0 Å². The Kier molecular flexibility index (Phi) is 3.04. The Morgan fingerprint density at radius 3 is 2.68 bits per heavy atom. The zero-order valence-electron chi connectivity index (χ0n) is 12.5. The minimum Gasteiger partial charge on any atom is -0.320 e. The summed E-state index contributed by atoms with van der Waals surface area (Å²) in [4.78, 5) is 8.86. The largest absolute Gasteiger partial charge is 0.320 e. The van der Waals surface area contributed by atoms with Crippen LogP contribution in [0.3, 0.4) is 0 Å². The Hall–Kier alpha value is -1.82. The zero-order valence-corrected chi connectivity index (χ0v) is 14.1. The van der Waals surface area contributed by atoms with E-state index < -0.39 is 0 Å². The van der Waals surface area contributed by atoms with Gasteiger partial charge < -0.3 is 4.57 Å². The minimum atomic E-state index is -0.0705. The van der Waals surface area contributed by atoms with Gasteiger partial charge >= 0.3 is 0 Å². The van der Waals surface area contributed by atoms with E-state index in [4.69, 9.17) is 0 Å². The lowest BCUT2D eigenvalue weighted by atomic mass is 9.58. The Morgan fingerprint density at radius 2 is 2.00 bits per heavy atom. The minimum absolute atomic E-state index is 0.0705. The third kappa shape index (κ3) is 1.90. The highest BCUT2D eigenvalue weighted by molar-refractivity contribution is 9.10. The molecule has 5 nitrogen and oxygen atoms in total. The predicted molar refractivity (Wildman–Crippen MR) is 87.4 cm³/mol. The van der Waals surface area contributed by atoms with Gasteiger partial charge in [0.05, 0.1) is 10.9 Å². The second-order valence-corrected chi connectivity index (χ2v) is 7.10. The van der Waals surface area contributed by atoms with E-state index >= 15 is 0 Å². The third-order valence-corrected chi connectivity index (χ3v) is 5.22. The first kappa shape index (κ1) is 13.8. The van der Waals surface area contributed by atoms with Gasteiger partial charge in [0, 0.05) is 23.9 Å². The standard InChI is InChI=1S/C16H16BrN5/c1-10-7-16(8-10,15-21-20-9-22(15)2)11-5-12(17)14-13(6-11)18-3-4-19-14/h3-6,9-10H,7-8H2,1-2H3. The quantitative estimate of drug-likeness (QED) is 0.706. The van der Waals surface area contributed by atoms with Gasteiger partial charge in [-0.2, -0.15) is 0 Å². The van der Waals surface area contributed by atoms with E-state index in [-0.39, 0.29) is 5.41 Å². The van der Waals surface area contributed by atoms with Crippen LogP contribution in [0.1, 0.15) is 31.2 Å². The summed E-state index contributed by atoms with van der Waals surface area (Å²) in [5.74, 6) is 1.72. The molecule has 1 fully saturated rings. The van der Waals surface area contributed by atoms with E-state index in [1.807, 2.05) is 11.6 Å². The van der Waals surface area contributed by atoms with Gasteiger partial charge in [0.2, 0.25) is 0 Å². The number of hydrogen-bond donors (Lipinski definition) is 0. The molecular weight excluding hydrogens is 342 g/mol. The number of rotatable bonds is 2. The van der Waals surface area contributed by atoms with Gasteiger partial charge in [-0.15, -0.1) is 10.2 Å². The third-order valence-electron chi connectivity index (χ3n) is 4.61. The molecule has 0 atom stereocenters. The van der Waals surface area contributed by atoms with Crippen molar-refractivity contribution >= 4 is 27.0 Å². The molecule has 0 spiro atoms. The summed E-state index contributed by atoms with van der Waals surface area (Å²) in [6.07, 6.45) is 7.39. The highest BCUT2D eigenvalue weighted by Gasteiger charge is 2.48. The Bertz CT molecular complexity index is 851. The number of nitrogens with zero attached hydrogens (tertiary/aromatic N) is 5. The Balaban J connectivity index is 1.93. The molecule has 1 aromatic carbocycles. The molecule has 112 valence electrons. The fourth-order valence-electron chi connectivity index (χ4n) is 3.70. The molecule has 3 aromatic rings. The molecular formula is C16H16BrN5. The summed E-state index contributed by atoms with van der Waals surface area (Å²) in [7, 11) is 2.01. The molecule has 0 aliphatic heterocycles. The Morgan fingerprint density at radius 1 is 1.23 bits per heavy atom. The Labute approximate surface area is 136 Å². The van der Waals surface area contributed by atoms with Crippen molar-refractivity contribution in [2.75, 3.05) is 0 Å². The van der Waals surface area contributed by atoms with Crippen molar-refractivity contribution in [1.82, 2.24) is 24.7 Å². The molecule has 0 unspecified atom stereocenters. The maximum atomic E-state index is 4.46. The maximum absolute atomic E-state index is 4.46. The molecule has 0 amide bonds. The number of fused-ring (bicyclic) bond motifs is 1. The molecule has 1 saturated carbocycles. The van der Waals surface area contributed by atoms with Crippen molar-refractivity contribution < 1.29 is 0 Å². The van der Waals surface area contributed by atoms with E-state index in [9.17, 15) is 0 Å². The molecule has 0 saturated heterocycles. The molecule has 4 rings (SSSR count). The lowest BCUT2D eigenvalue weighted by molar-refractivity contribution is 0.185. The van der Waals surface area contributed by atoms with Crippen molar-refractivity contribution in [2.24, 2.45) is 13.0 Å². The van der Waals surface area contributed by atoms with Crippen molar-refractivity contribution in [3.63, 3.8) is 0 Å². The first-order valence-corrected chi connectivity index (χ1v) is 8.15. The van der Waals surface area contributed by atoms with Crippen LogP contribution in [0.15, 0.2) is 35.3 Å². The summed E-state index contributed by atoms with van der Waals surface area (Å²) in [5, 5.41) is 8.47. The number of aryl methyl sites for hydroxylation is 1. The van der Waals surface area contributed by atoms with Gasteiger partial charge in [-0.1, -0.05) is 6.92 Å². The van der Waals surface area contributed by atoms with Gasteiger partial charge in [0.1, 0.15) is 17.7 Å². The average molecular weight is 358 g/mol. The SMILES string of the molecule is CC1CC(c2cc(Br)c3nccnc3c2)(c2nncn2C)C1. The molecule has 0 bridgehead atoms. The molecule has 2 aromatic heterocycles. The topological polar surface area (TPSA) is 56.5 Å². The predicted octanol–water partition coefficient (Wildman–Crippen LogP) is 3.24. The zero-order chi connectivity index (χ0) is 15.3. The normalized spacial score (nSPS) is 24.4. The van der Waals surface area contributed by atoms with Gasteiger partial charge in [0.25, 0.3) is 0 Å². The van der Waals surface area contributed by atoms with Crippen LogP contribution in [0.4, 0.5) is 0 Å². The molecule has 1 aliphatic carbocycles. The average Bonchev–Trinajstić information content (AvgIpc) is 2.90. The highest BCUT2D eigenvalue weighted by Crippen LogP contribution is 2.52. The van der Waals surface area contributed by atoms with Gasteiger partial charge in [-0.25, -0.2) is 0 Å². The first-order valence-electron chi connectivity index (χ1n) is 7.35. The number of benzene rings is 1. The maximum Gasteiger partial charge on any atom is 0.143 e. The van der Waals surface area contributed by atoms with Crippen LogP contribution >= 0.6 is 15.9 Å². The van der Waals surface area contributed by atoms with E-state index in [2.05, 4.69) is 55.2 Å². The molecule has 0 radical (unpaired) electrons. The monoisotopic (exact) mass is 357 g/mol. The van der Waals surface area contributed by atoms with Crippen LogP contribution in [0.25, 0.3) is 11.0 Å². The summed E-state index contributed by atoms with van der Waals surface area (Å²) in [6.45, 7) is 2.28. The summed E-state index contributed by atoms with van der Waals surface area (Å²) >= 11 is 3.65. The first-order chi connectivity index (χ1) is 10.6. The van der Waals surface area contributed by atoms with E-state index in [1.165, 1.54) is 5.56 Å². The van der Waals surface area contributed by atoms with E-state index in [1.54, 1.807) is 18.7 Å². The molecule has 2 heterocycles.